The number of amides is 1. The Morgan fingerprint density at radius 2 is 1.81 bits per heavy atom. The van der Waals surface area contributed by atoms with Gasteiger partial charge in [0.1, 0.15) is 18.1 Å². The molecule has 0 bridgehead atoms. The Morgan fingerprint density at radius 3 is 2.46 bits per heavy atom. The lowest BCUT2D eigenvalue weighted by Gasteiger charge is -2.17. The lowest BCUT2D eigenvalue weighted by molar-refractivity contribution is 0.167. The lowest BCUT2D eigenvalue weighted by Crippen LogP contribution is -2.16. The fourth-order valence-electron chi connectivity index (χ4n) is 2.63. The molecule has 0 atom stereocenters. The maximum Gasteiger partial charge on any atom is 0.411 e. The summed E-state index contributed by atoms with van der Waals surface area (Å²) in [5, 5.41) is 2.77. The smallest absolute Gasteiger partial charge is 0.411 e. The average Bonchev–Trinajstić information content (AvgIpc) is 2.63. The van der Waals surface area contributed by atoms with E-state index in [1.807, 2.05) is 38.1 Å². The summed E-state index contributed by atoms with van der Waals surface area (Å²) in [5.41, 5.74) is 3.77. The summed E-state index contributed by atoms with van der Waals surface area (Å²) in [5.74, 6) is 1.42. The molecule has 0 aliphatic carbocycles. The molecule has 26 heavy (non-hydrogen) atoms. The highest BCUT2D eigenvalue weighted by atomic mass is 16.5. The largest absolute Gasteiger partial charge is 0.492 e. The number of rotatable bonds is 8. The van der Waals surface area contributed by atoms with Crippen molar-refractivity contribution in [3.63, 3.8) is 0 Å². The van der Waals surface area contributed by atoms with Crippen LogP contribution in [0.2, 0.25) is 0 Å². The molecule has 2 rings (SSSR count). The molecule has 0 spiro atoms. The van der Waals surface area contributed by atoms with Crippen LogP contribution in [-0.4, -0.2) is 19.3 Å². The van der Waals surface area contributed by atoms with Gasteiger partial charge in [0.2, 0.25) is 0 Å². The Morgan fingerprint density at radius 1 is 1.00 bits per heavy atom. The zero-order valence-electron chi connectivity index (χ0n) is 15.9. The molecular formula is C21H27NO4. The molecule has 140 valence electrons. The first kappa shape index (κ1) is 19.6. The van der Waals surface area contributed by atoms with Crippen LogP contribution in [0, 0.1) is 6.92 Å². The van der Waals surface area contributed by atoms with Gasteiger partial charge in [0.05, 0.1) is 18.9 Å². The number of carbonyl (C=O) groups is 1. The molecule has 0 saturated heterocycles. The number of hydrogen-bond donors (Lipinski definition) is 1. The molecule has 5 heteroatoms. The number of para-hydroxylation sites is 1. The van der Waals surface area contributed by atoms with E-state index in [2.05, 4.69) is 24.4 Å². The number of benzene rings is 2. The van der Waals surface area contributed by atoms with Crippen LogP contribution in [0.3, 0.4) is 0 Å². The SMILES string of the molecule is CCOC(=O)Nc1c(COc2ccc(CC)cc2C)cccc1OCC. The molecule has 0 aliphatic heterocycles. The van der Waals surface area contributed by atoms with Crippen molar-refractivity contribution in [2.75, 3.05) is 18.5 Å². The summed E-state index contributed by atoms with van der Waals surface area (Å²) in [6, 6.07) is 11.8. The molecule has 5 nitrogen and oxygen atoms in total. The van der Waals surface area contributed by atoms with Gasteiger partial charge in [-0.3, -0.25) is 5.32 Å². The van der Waals surface area contributed by atoms with Gasteiger partial charge >= 0.3 is 6.09 Å². The van der Waals surface area contributed by atoms with Crippen molar-refractivity contribution in [2.24, 2.45) is 0 Å². The molecule has 0 saturated carbocycles. The van der Waals surface area contributed by atoms with Crippen LogP contribution < -0.4 is 14.8 Å². The second kappa shape index (κ2) is 9.70. The van der Waals surface area contributed by atoms with E-state index in [0.29, 0.717) is 31.3 Å². The van der Waals surface area contributed by atoms with Crippen LogP contribution in [0.25, 0.3) is 0 Å². The van der Waals surface area contributed by atoms with Crippen molar-refractivity contribution < 1.29 is 19.0 Å². The van der Waals surface area contributed by atoms with Crippen molar-refractivity contribution in [1.82, 2.24) is 0 Å². The van der Waals surface area contributed by atoms with E-state index in [0.717, 1.165) is 23.3 Å². The fraction of sp³-hybridized carbons (Fsp3) is 0.381. The van der Waals surface area contributed by atoms with Gasteiger partial charge in [0, 0.05) is 5.56 Å². The fourth-order valence-corrected chi connectivity index (χ4v) is 2.63. The number of carbonyl (C=O) groups excluding carboxylic acids is 1. The van der Waals surface area contributed by atoms with Gasteiger partial charge in [-0.15, -0.1) is 0 Å². The summed E-state index contributed by atoms with van der Waals surface area (Å²) in [7, 11) is 0. The second-order valence-corrected chi connectivity index (χ2v) is 5.81. The number of ether oxygens (including phenoxy) is 3. The van der Waals surface area contributed by atoms with Crippen molar-refractivity contribution in [3.8, 4) is 11.5 Å². The van der Waals surface area contributed by atoms with Crippen LogP contribution in [0.4, 0.5) is 10.5 Å². The summed E-state index contributed by atoms with van der Waals surface area (Å²) >= 11 is 0. The highest BCUT2D eigenvalue weighted by molar-refractivity contribution is 5.88. The first-order valence-electron chi connectivity index (χ1n) is 8.99. The van der Waals surface area contributed by atoms with E-state index in [1.165, 1.54) is 5.56 Å². The Hall–Kier alpha value is -2.69. The van der Waals surface area contributed by atoms with Crippen LogP contribution in [0.15, 0.2) is 36.4 Å². The summed E-state index contributed by atoms with van der Waals surface area (Å²) in [6.45, 7) is 8.94. The summed E-state index contributed by atoms with van der Waals surface area (Å²) in [6.07, 6.45) is 0.481. The normalized spacial score (nSPS) is 10.3. The molecule has 0 unspecified atom stereocenters. The van der Waals surface area contributed by atoms with E-state index in [9.17, 15) is 4.79 Å². The van der Waals surface area contributed by atoms with Gasteiger partial charge in [0.25, 0.3) is 0 Å². The second-order valence-electron chi connectivity index (χ2n) is 5.81. The molecule has 0 radical (unpaired) electrons. The van der Waals surface area contributed by atoms with Crippen molar-refractivity contribution >= 4 is 11.8 Å². The van der Waals surface area contributed by atoms with Crippen LogP contribution in [0.5, 0.6) is 11.5 Å². The molecule has 0 fully saturated rings. The van der Waals surface area contributed by atoms with Crippen molar-refractivity contribution in [2.45, 2.75) is 40.7 Å². The minimum atomic E-state index is -0.510. The molecule has 0 heterocycles. The highest BCUT2D eigenvalue weighted by Crippen LogP contribution is 2.30. The zero-order chi connectivity index (χ0) is 18.9. The minimum Gasteiger partial charge on any atom is -0.492 e. The standard InChI is InChI=1S/C21H27NO4/c1-5-16-11-12-18(15(4)13-16)26-14-17-9-8-10-19(24-6-2)20(17)22-21(23)25-7-3/h8-13H,5-7,14H2,1-4H3,(H,22,23). The van der Waals surface area contributed by atoms with Crippen LogP contribution in [-0.2, 0) is 17.8 Å². The van der Waals surface area contributed by atoms with Crippen molar-refractivity contribution in [3.05, 3.63) is 53.1 Å². The third kappa shape index (κ3) is 5.15. The Labute approximate surface area is 155 Å². The Balaban J connectivity index is 2.22. The maximum absolute atomic E-state index is 11.9. The predicted octanol–water partition coefficient (Wildman–Crippen LogP) is 5.10. The van der Waals surface area contributed by atoms with Crippen LogP contribution in [0.1, 0.15) is 37.5 Å². The van der Waals surface area contributed by atoms with Gasteiger partial charge in [-0.1, -0.05) is 31.2 Å². The molecular weight excluding hydrogens is 330 g/mol. The molecule has 1 N–H and O–H groups in total. The van der Waals surface area contributed by atoms with E-state index in [4.69, 9.17) is 14.2 Å². The van der Waals surface area contributed by atoms with Gasteiger partial charge in [0.15, 0.2) is 0 Å². The maximum atomic E-state index is 11.9. The van der Waals surface area contributed by atoms with Gasteiger partial charge in [-0.25, -0.2) is 4.79 Å². The number of hydrogen-bond acceptors (Lipinski definition) is 4. The van der Waals surface area contributed by atoms with Gasteiger partial charge in [-0.2, -0.15) is 0 Å². The minimum absolute atomic E-state index is 0.303. The number of nitrogens with one attached hydrogen (secondary N) is 1. The number of aryl methyl sites for hydroxylation is 2. The number of anilines is 1. The monoisotopic (exact) mass is 357 g/mol. The van der Waals surface area contributed by atoms with E-state index in [-0.39, 0.29) is 0 Å². The zero-order valence-corrected chi connectivity index (χ0v) is 15.9. The average molecular weight is 357 g/mol. The lowest BCUT2D eigenvalue weighted by atomic mass is 10.1. The Bertz CT molecular complexity index is 743. The van der Waals surface area contributed by atoms with E-state index >= 15 is 0 Å². The molecule has 1 amide bonds. The first-order chi connectivity index (χ1) is 12.6. The highest BCUT2D eigenvalue weighted by Gasteiger charge is 2.14. The quantitative estimate of drug-likeness (QED) is 0.714. The molecule has 2 aromatic rings. The van der Waals surface area contributed by atoms with Crippen molar-refractivity contribution in [1.29, 1.82) is 0 Å². The van der Waals surface area contributed by atoms with Gasteiger partial charge < -0.3 is 14.2 Å². The Kier molecular flexibility index (Phi) is 7.33. The summed E-state index contributed by atoms with van der Waals surface area (Å²) < 4.78 is 16.6. The predicted molar refractivity (Wildman–Crippen MR) is 103 cm³/mol. The molecule has 2 aromatic carbocycles. The first-order valence-corrected chi connectivity index (χ1v) is 8.99. The molecule has 0 aliphatic rings. The third-order valence-electron chi connectivity index (χ3n) is 3.95. The van der Waals surface area contributed by atoms with E-state index < -0.39 is 6.09 Å². The topological polar surface area (TPSA) is 56.8 Å². The van der Waals surface area contributed by atoms with Gasteiger partial charge in [-0.05, 0) is 50.5 Å². The van der Waals surface area contributed by atoms with Crippen LogP contribution >= 0.6 is 0 Å². The third-order valence-corrected chi connectivity index (χ3v) is 3.95. The summed E-state index contributed by atoms with van der Waals surface area (Å²) in [4.78, 5) is 11.9. The van der Waals surface area contributed by atoms with E-state index in [1.54, 1.807) is 6.92 Å². The molecule has 0 aromatic heterocycles.